The van der Waals surface area contributed by atoms with Crippen molar-refractivity contribution in [1.29, 1.82) is 0 Å². The monoisotopic (exact) mass is 494 g/mol. The number of likely N-dealkylation sites (tertiary alicyclic amines) is 2. The number of carbonyl (C=O) groups excluding carboxylic acids is 2. The highest BCUT2D eigenvalue weighted by molar-refractivity contribution is 7.81. The van der Waals surface area contributed by atoms with Gasteiger partial charge in [-0.1, -0.05) is 48.4 Å². The van der Waals surface area contributed by atoms with E-state index in [0.29, 0.717) is 13.1 Å². The van der Waals surface area contributed by atoms with Gasteiger partial charge in [0.1, 0.15) is 0 Å². The Kier molecular flexibility index (Phi) is 8.22. The first-order chi connectivity index (χ1) is 16.9. The predicted molar refractivity (Wildman–Crippen MR) is 140 cm³/mol. The zero-order valence-electron chi connectivity index (χ0n) is 20.5. The van der Waals surface area contributed by atoms with Crippen LogP contribution in [0.5, 0.6) is 0 Å². The van der Waals surface area contributed by atoms with E-state index >= 15 is 0 Å². The summed E-state index contributed by atoms with van der Waals surface area (Å²) < 4.78 is 14.4. The van der Waals surface area contributed by atoms with E-state index in [-0.39, 0.29) is 42.9 Å². The highest BCUT2D eigenvalue weighted by Gasteiger charge is 2.37. The van der Waals surface area contributed by atoms with Gasteiger partial charge in [-0.05, 0) is 36.1 Å². The van der Waals surface area contributed by atoms with Crippen LogP contribution in [0.3, 0.4) is 0 Å². The number of benzene rings is 2. The van der Waals surface area contributed by atoms with Gasteiger partial charge in [-0.2, -0.15) is 0 Å². The molecular formula is C27H34N4O3S. The average Bonchev–Trinajstić information content (AvgIpc) is 2.84. The number of rotatable bonds is 8. The van der Waals surface area contributed by atoms with Crippen molar-refractivity contribution in [2.24, 2.45) is 5.92 Å². The Morgan fingerprint density at radius 3 is 2.54 bits per heavy atom. The average molecular weight is 495 g/mol. The van der Waals surface area contributed by atoms with Gasteiger partial charge in [-0.15, -0.1) is 6.42 Å². The lowest BCUT2D eigenvalue weighted by Crippen LogP contribution is -2.58. The van der Waals surface area contributed by atoms with Crippen molar-refractivity contribution in [3.8, 4) is 12.3 Å². The molecule has 2 heterocycles. The van der Waals surface area contributed by atoms with Crippen molar-refractivity contribution >= 4 is 33.6 Å². The van der Waals surface area contributed by atoms with Crippen LogP contribution in [0.15, 0.2) is 42.5 Å². The third-order valence-electron chi connectivity index (χ3n) is 7.32. The van der Waals surface area contributed by atoms with Gasteiger partial charge in [-0.3, -0.25) is 14.5 Å². The van der Waals surface area contributed by atoms with E-state index in [0.717, 1.165) is 25.9 Å². The summed E-state index contributed by atoms with van der Waals surface area (Å²) in [5.41, 5.74) is 1.33. The normalized spacial score (nSPS) is 19.2. The molecule has 4 rings (SSSR count). The summed E-state index contributed by atoms with van der Waals surface area (Å²) in [6.45, 7) is 5.12. The third-order valence-corrected chi connectivity index (χ3v) is 8.41. The number of hydrogen-bond acceptors (Lipinski definition) is 4. The van der Waals surface area contributed by atoms with E-state index in [1.54, 1.807) is 11.2 Å². The Bertz CT molecular complexity index is 1130. The largest absolute Gasteiger partial charge is 0.345 e. The SMILES string of the molecule is C#CCNC(=O)C1CN(C(=O)CN(C2CCN(C(C)c3cccc4ccccc34)CC2)S(C)=O)C1. The first-order valence-corrected chi connectivity index (χ1v) is 13.7. The summed E-state index contributed by atoms with van der Waals surface area (Å²) in [7, 11) is -1.25. The second-order valence-electron chi connectivity index (χ2n) is 9.43. The van der Waals surface area contributed by atoms with Crippen LogP contribution >= 0.6 is 0 Å². The standard InChI is InChI=1S/C27H34N4O3S/c1-4-14-28-27(33)22-17-30(18-22)26(32)19-31(35(3)34)23-12-15-29(16-13-23)20(2)24-11-7-9-21-8-5-6-10-25(21)24/h1,5-11,20,22-23H,12-19H2,2-3H3,(H,28,33). The highest BCUT2D eigenvalue weighted by atomic mass is 32.2. The minimum atomic E-state index is -1.25. The van der Waals surface area contributed by atoms with Gasteiger partial charge in [0.05, 0.1) is 30.0 Å². The summed E-state index contributed by atoms with van der Waals surface area (Å²) in [6.07, 6.45) is 8.54. The summed E-state index contributed by atoms with van der Waals surface area (Å²) in [5, 5.41) is 5.20. The molecule has 186 valence electrons. The molecule has 0 radical (unpaired) electrons. The molecular weight excluding hydrogens is 460 g/mol. The fourth-order valence-electron chi connectivity index (χ4n) is 5.17. The Morgan fingerprint density at radius 1 is 1.17 bits per heavy atom. The second kappa shape index (κ2) is 11.3. The van der Waals surface area contributed by atoms with Gasteiger partial charge < -0.3 is 10.2 Å². The number of carbonyl (C=O) groups is 2. The van der Waals surface area contributed by atoms with E-state index in [1.165, 1.54) is 16.3 Å². The van der Waals surface area contributed by atoms with Gasteiger partial charge in [-0.25, -0.2) is 8.51 Å². The molecule has 2 aliphatic heterocycles. The Labute approximate surface area is 210 Å². The van der Waals surface area contributed by atoms with Gasteiger partial charge in [0.2, 0.25) is 11.8 Å². The van der Waals surface area contributed by atoms with E-state index < -0.39 is 11.0 Å². The molecule has 0 saturated carbocycles. The van der Waals surface area contributed by atoms with Gasteiger partial charge in [0.25, 0.3) is 0 Å². The van der Waals surface area contributed by atoms with Crippen LogP contribution in [-0.2, 0) is 20.6 Å². The lowest BCUT2D eigenvalue weighted by Gasteiger charge is -2.42. The van der Waals surface area contributed by atoms with E-state index in [4.69, 9.17) is 6.42 Å². The molecule has 2 aromatic rings. The molecule has 7 nitrogen and oxygen atoms in total. The van der Waals surface area contributed by atoms with Crippen molar-refractivity contribution in [2.45, 2.75) is 31.8 Å². The summed E-state index contributed by atoms with van der Waals surface area (Å²) in [4.78, 5) is 28.9. The molecule has 0 aliphatic carbocycles. The van der Waals surface area contributed by atoms with E-state index in [2.05, 4.69) is 65.5 Å². The molecule has 2 atom stereocenters. The molecule has 0 bridgehead atoms. The molecule has 2 aliphatic rings. The Hall–Kier alpha value is -2.73. The molecule has 0 aromatic heterocycles. The smallest absolute Gasteiger partial charge is 0.237 e. The lowest BCUT2D eigenvalue weighted by atomic mass is 9.96. The highest BCUT2D eigenvalue weighted by Crippen LogP contribution is 2.31. The maximum absolute atomic E-state index is 12.8. The van der Waals surface area contributed by atoms with E-state index in [9.17, 15) is 13.8 Å². The van der Waals surface area contributed by atoms with Gasteiger partial charge in [0.15, 0.2) is 0 Å². The summed E-state index contributed by atoms with van der Waals surface area (Å²) in [5.74, 6) is 1.97. The van der Waals surface area contributed by atoms with Crippen LogP contribution in [-0.4, -0.2) is 81.7 Å². The number of amides is 2. The van der Waals surface area contributed by atoms with Gasteiger partial charge >= 0.3 is 0 Å². The molecule has 1 N–H and O–H groups in total. The van der Waals surface area contributed by atoms with Crippen LogP contribution in [0.2, 0.25) is 0 Å². The van der Waals surface area contributed by atoms with Crippen LogP contribution in [0, 0.1) is 18.3 Å². The van der Waals surface area contributed by atoms with Crippen LogP contribution < -0.4 is 5.32 Å². The van der Waals surface area contributed by atoms with E-state index in [1.807, 2.05) is 4.31 Å². The number of nitrogens with one attached hydrogen (secondary N) is 1. The third kappa shape index (κ3) is 5.75. The van der Waals surface area contributed by atoms with Crippen LogP contribution in [0.1, 0.15) is 31.4 Å². The minimum Gasteiger partial charge on any atom is -0.345 e. The Balaban J connectivity index is 1.31. The molecule has 35 heavy (non-hydrogen) atoms. The second-order valence-corrected chi connectivity index (χ2v) is 10.7. The zero-order valence-corrected chi connectivity index (χ0v) is 21.3. The maximum Gasteiger partial charge on any atom is 0.237 e. The van der Waals surface area contributed by atoms with Crippen LogP contribution in [0.4, 0.5) is 0 Å². The molecule has 8 heteroatoms. The molecule has 2 unspecified atom stereocenters. The number of terminal acetylenes is 1. The van der Waals surface area contributed by atoms with Crippen LogP contribution in [0.25, 0.3) is 10.8 Å². The Morgan fingerprint density at radius 2 is 1.86 bits per heavy atom. The fraction of sp³-hybridized carbons (Fsp3) is 0.481. The first-order valence-electron chi connectivity index (χ1n) is 12.2. The summed E-state index contributed by atoms with van der Waals surface area (Å²) in [6, 6.07) is 15.3. The van der Waals surface area contributed by atoms with Crippen molar-refractivity contribution in [3.05, 3.63) is 48.0 Å². The quantitative estimate of drug-likeness (QED) is 0.571. The number of hydrogen-bond donors (Lipinski definition) is 1. The number of nitrogens with zero attached hydrogens (tertiary/aromatic N) is 3. The number of piperidine rings is 1. The molecule has 2 saturated heterocycles. The van der Waals surface area contributed by atoms with Crippen molar-refractivity contribution < 1.29 is 13.8 Å². The van der Waals surface area contributed by atoms with Crippen molar-refractivity contribution in [1.82, 2.24) is 19.4 Å². The lowest BCUT2D eigenvalue weighted by molar-refractivity contribution is -0.143. The topological polar surface area (TPSA) is 73.0 Å². The fourth-order valence-corrected chi connectivity index (χ4v) is 6.09. The van der Waals surface area contributed by atoms with Crippen molar-refractivity contribution in [2.75, 3.05) is 45.5 Å². The molecule has 2 amide bonds. The molecule has 2 fully saturated rings. The zero-order chi connectivity index (χ0) is 24.9. The minimum absolute atomic E-state index is 0.0762. The molecule has 0 spiro atoms. The predicted octanol–water partition coefficient (Wildman–Crippen LogP) is 2.17. The van der Waals surface area contributed by atoms with Gasteiger partial charge in [0, 0.05) is 44.5 Å². The summed E-state index contributed by atoms with van der Waals surface area (Å²) >= 11 is 0. The maximum atomic E-state index is 12.8. The van der Waals surface area contributed by atoms with Crippen molar-refractivity contribution in [3.63, 3.8) is 0 Å². The first kappa shape index (κ1) is 25.4. The molecule has 2 aromatic carbocycles. The number of fused-ring (bicyclic) bond motifs is 1.